The number of hydrogen-bond donors (Lipinski definition) is 1. The van der Waals surface area contributed by atoms with E-state index in [-0.39, 0.29) is 12.0 Å². The second-order valence-electron chi connectivity index (χ2n) is 2.84. The van der Waals surface area contributed by atoms with Crippen LogP contribution in [0.4, 0.5) is 13.2 Å². The molecule has 1 aromatic carbocycles. The molecule has 0 radical (unpaired) electrons. The van der Waals surface area contributed by atoms with Crippen molar-refractivity contribution >= 4 is 15.9 Å². The van der Waals surface area contributed by atoms with Crippen LogP contribution in [0.25, 0.3) is 0 Å². The van der Waals surface area contributed by atoms with Crippen molar-refractivity contribution < 1.29 is 18.3 Å². The molecule has 0 amide bonds. The zero-order chi connectivity index (χ0) is 10.7. The van der Waals surface area contributed by atoms with E-state index in [9.17, 15) is 13.2 Å². The maximum atomic E-state index is 13.1. The van der Waals surface area contributed by atoms with Crippen molar-refractivity contribution in [2.75, 3.05) is 0 Å². The lowest BCUT2D eigenvalue weighted by Crippen LogP contribution is -2.20. The highest BCUT2D eigenvalue weighted by Gasteiger charge is 2.18. The Balaban J connectivity index is 2.77. The summed E-state index contributed by atoms with van der Waals surface area (Å²) >= 11 is 3.04. The van der Waals surface area contributed by atoms with Crippen molar-refractivity contribution in [2.45, 2.75) is 19.0 Å². The fourth-order valence-electron chi connectivity index (χ4n) is 1.00. The first-order chi connectivity index (χ1) is 6.50. The predicted molar refractivity (Wildman–Crippen MR) is 49.8 cm³/mol. The van der Waals surface area contributed by atoms with Gasteiger partial charge in [0.1, 0.15) is 11.9 Å². The lowest BCUT2D eigenvalue weighted by molar-refractivity contribution is -0.00405. The average Bonchev–Trinajstić information content (AvgIpc) is 2.09. The third-order valence-electron chi connectivity index (χ3n) is 1.74. The maximum absolute atomic E-state index is 13.1. The van der Waals surface area contributed by atoms with E-state index in [1.54, 1.807) is 0 Å². The SMILES string of the molecule is OC(Cc1ccc(Br)cc1F)C(F)F. The third kappa shape index (κ3) is 2.99. The maximum Gasteiger partial charge on any atom is 0.264 e. The van der Waals surface area contributed by atoms with Crippen LogP contribution in [0, 0.1) is 5.82 Å². The Hall–Kier alpha value is -0.550. The summed E-state index contributed by atoms with van der Waals surface area (Å²) in [6.45, 7) is 0. The normalized spacial score (nSPS) is 13.3. The van der Waals surface area contributed by atoms with Gasteiger partial charge >= 0.3 is 0 Å². The van der Waals surface area contributed by atoms with E-state index in [0.29, 0.717) is 4.47 Å². The fourth-order valence-corrected chi connectivity index (χ4v) is 1.33. The monoisotopic (exact) mass is 268 g/mol. The van der Waals surface area contributed by atoms with E-state index < -0.39 is 18.3 Å². The van der Waals surface area contributed by atoms with Gasteiger partial charge in [-0.1, -0.05) is 22.0 Å². The highest BCUT2D eigenvalue weighted by Crippen LogP contribution is 2.18. The highest BCUT2D eigenvalue weighted by atomic mass is 79.9. The van der Waals surface area contributed by atoms with Crippen molar-refractivity contribution in [2.24, 2.45) is 0 Å². The van der Waals surface area contributed by atoms with E-state index in [4.69, 9.17) is 5.11 Å². The molecule has 5 heteroatoms. The van der Waals surface area contributed by atoms with Crippen LogP contribution in [0.3, 0.4) is 0 Å². The molecule has 1 aromatic rings. The molecule has 0 saturated heterocycles. The van der Waals surface area contributed by atoms with Gasteiger partial charge in [-0.15, -0.1) is 0 Å². The Kier molecular flexibility index (Phi) is 3.95. The van der Waals surface area contributed by atoms with Gasteiger partial charge in [0.15, 0.2) is 0 Å². The van der Waals surface area contributed by atoms with Gasteiger partial charge in [0.2, 0.25) is 0 Å². The minimum absolute atomic E-state index is 0.0843. The lowest BCUT2D eigenvalue weighted by Gasteiger charge is -2.09. The number of aliphatic hydroxyl groups is 1. The number of halogens is 4. The van der Waals surface area contributed by atoms with E-state index >= 15 is 0 Å². The Labute approximate surface area is 87.7 Å². The van der Waals surface area contributed by atoms with Gasteiger partial charge in [0.05, 0.1) is 0 Å². The van der Waals surface area contributed by atoms with E-state index in [2.05, 4.69) is 15.9 Å². The summed E-state index contributed by atoms with van der Waals surface area (Å²) in [4.78, 5) is 0. The molecular weight excluding hydrogens is 261 g/mol. The zero-order valence-corrected chi connectivity index (χ0v) is 8.64. The summed E-state index contributed by atoms with van der Waals surface area (Å²) in [5.74, 6) is -0.598. The molecule has 78 valence electrons. The second-order valence-corrected chi connectivity index (χ2v) is 3.76. The lowest BCUT2D eigenvalue weighted by atomic mass is 10.1. The highest BCUT2D eigenvalue weighted by molar-refractivity contribution is 9.10. The minimum Gasteiger partial charge on any atom is -0.387 e. The first-order valence-electron chi connectivity index (χ1n) is 3.91. The summed E-state index contributed by atoms with van der Waals surface area (Å²) in [7, 11) is 0. The number of hydrogen-bond acceptors (Lipinski definition) is 1. The van der Waals surface area contributed by atoms with Crippen LogP contribution in [0.1, 0.15) is 5.56 Å². The Bertz CT molecular complexity index is 317. The van der Waals surface area contributed by atoms with Gasteiger partial charge in [0, 0.05) is 10.9 Å². The van der Waals surface area contributed by atoms with Crippen LogP contribution in [-0.4, -0.2) is 17.6 Å². The smallest absolute Gasteiger partial charge is 0.264 e. The second kappa shape index (κ2) is 4.79. The molecule has 14 heavy (non-hydrogen) atoms. The molecule has 1 nitrogen and oxygen atoms in total. The Morgan fingerprint density at radius 2 is 2.00 bits per heavy atom. The molecule has 0 saturated carbocycles. The summed E-state index contributed by atoms with van der Waals surface area (Å²) in [6, 6.07) is 4.08. The zero-order valence-electron chi connectivity index (χ0n) is 7.05. The average molecular weight is 269 g/mol. The molecule has 0 spiro atoms. The topological polar surface area (TPSA) is 20.2 Å². The molecule has 0 aliphatic carbocycles. The van der Waals surface area contributed by atoms with Gasteiger partial charge in [0.25, 0.3) is 6.43 Å². The fraction of sp³-hybridized carbons (Fsp3) is 0.333. The van der Waals surface area contributed by atoms with Crippen LogP contribution in [-0.2, 0) is 6.42 Å². The minimum atomic E-state index is -2.85. The van der Waals surface area contributed by atoms with E-state index in [1.807, 2.05) is 0 Å². The first kappa shape index (κ1) is 11.5. The summed E-state index contributed by atoms with van der Waals surface area (Å²) < 4.78 is 37.5. The standard InChI is InChI=1S/C9H8BrF3O/c10-6-2-1-5(7(11)4-6)3-8(14)9(12)13/h1-2,4,8-9,14H,3H2. The Morgan fingerprint density at radius 1 is 1.36 bits per heavy atom. The van der Waals surface area contributed by atoms with Gasteiger partial charge < -0.3 is 5.11 Å². The molecule has 1 N–H and O–H groups in total. The molecule has 1 unspecified atom stereocenters. The summed E-state index contributed by atoms with van der Waals surface area (Å²) in [5.41, 5.74) is 0.0843. The molecule has 0 bridgehead atoms. The quantitative estimate of drug-likeness (QED) is 0.894. The predicted octanol–water partition coefficient (Wildman–Crippen LogP) is 2.76. The number of alkyl halides is 2. The van der Waals surface area contributed by atoms with Crippen molar-refractivity contribution in [1.82, 2.24) is 0 Å². The molecule has 0 aliphatic rings. The molecule has 1 rings (SSSR count). The Morgan fingerprint density at radius 3 is 2.50 bits per heavy atom. The van der Waals surface area contributed by atoms with Gasteiger partial charge in [-0.3, -0.25) is 0 Å². The molecule has 0 aromatic heterocycles. The van der Waals surface area contributed by atoms with Crippen molar-refractivity contribution in [3.05, 3.63) is 34.1 Å². The molecule has 0 heterocycles. The van der Waals surface area contributed by atoms with Gasteiger partial charge in [-0.2, -0.15) is 0 Å². The van der Waals surface area contributed by atoms with Crippen molar-refractivity contribution in [3.63, 3.8) is 0 Å². The van der Waals surface area contributed by atoms with E-state index in [0.717, 1.165) is 0 Å². The summed E-state index contributed by atoms with van der Waals surface area (Å²) in [5, 5.41) is 8.85. The largest absolute Gasteiger partial charge is 0.387 e. The van der Waals surface area contributed by atoms with Crippen molar-refractivity contribution in [1.29, 1.82) is 0 Å². The molecule has 0 aliphatic heterocycles. The van der Waals surface area contributed by atoms with Crippen LogP contribution in [0.5, 0.6) is 0 Å². The summed E-state index contributed by atoms with van der Waals surface area (Å²) in [6.07, 6.45) is -5.04. The molecule has 0 fully saturated rings. The van der Waals surface area contributed by atoms with Crippen LogP contribution < -0.4 is 0 Å². The molecular formula is C9H8BrF3O. The first-order valence-corrected chi connectivity index (χ1v) is 4.70. The third-order valence-corrected chi connectivity index (χ3v) is 2.23. The van der Waals surface area contributed by atoms with Crippen LogP contribution in [0.2, 0.25) is 0 Å². The van der Waals surface area contributed by atoms with Crippen LogP contribution >= 0.6 is 15.9 Å². The number of benzene rings is 1. The number of aliphatic hydroxyl groups excluding tert-OH is 1. The van der Waals surface area contributed by atoms with Crippen molar-refractivity contribution in [3.8, 4) is 0 Å². The van der Waals surface area contributed by atoms with Gasteiger partial charge in [-0.25, -0.2) is 13.2 Å². The van der Waals surface area contributed by atoms with E-state index in [1.165, 1.54) is 18.2 Å². The van der Waals surface area contributed by atoms with Gasteiger partial charge in [-0.05, 0) is 17.7 Å². The number of rotatable bonds is 3. The van der Waals surface area contributed by atoms with Crippen LogP contribution in [0.15, 0.2) is 22.7 Å². The molecule has 1 atom stereocenters.